The highest BCUT2D eigenvalue weighted by molar-refractivity contribution is 5.75. The van der Waals surface area contributed by atoms with Crippen LogP contribution in [-0.4, -0.2) is 25.9 Å². The number of nitrogens with one attached hydrogen (secondary N) is 1. The summed E-state index contributed by atoms with van der Waals surface area (Å²) in [4.78, 5) is 16.9. The molecule has 0 saturated carbocycles. The van der Waals surface area contributed by atoms with E-state index in [-0.39, 0.29) is 12.2 Å². The molecule has 1 amide bonds. The molecule has 5 nitrogen and oxygen atoms in total. The summed E-state index contributed by atoms with van der Waals surface area (Å²) >= 11 is 0. The minimum Gasteiger partial charge on any atom is -0.497 e. The van der Waals surface area contributed by atoms with E-state index >= 15 is 0 Å². The molecule has 0 bridgehead atoms. The summed E-state index contributed by atoms with van der Waals surface area (Å²) in [6, 6.07) is 7.70. The Labute approximate surface area is 119 Å². The van der Waals surface area contributed by atoms with Crippen molar-refractivity contribution in [3.05, 3.63) is 29.8 Å². The molecule has 0 spiro atoms. The van der Waals surface area contributed by atoms with Crippen molar-refractivity contribution in [3.63, 3.8) is 0 Å². The van der Waals surface area contributed by atoms with Crippen molar-refractivity contribution >= 4 is 5.91 Å². The van der Waals surface area contributed by atoms with Crippen molar-refractivity contribution in [3.8, 4) is 5.75 Å². The fourth-order valence-corrected chi connectivity index (χ4v) is 2.07. The number of carbonyl (C=O) groups is 1. The molecule has 20 heavy (non-hydrogen) atoms. The van der Waals surface area contributed by atoms with Crippen LogP contribution >= 0.6 is 0 Å². The van der Waals surface area contributed by atoms with Gasteiger partial charge in [-0.3, -0.25) is 4.79 Å². The molecule has 1 saturated heterocycles. The third kappa shape index (κ3) is 4.83. The number of rotatable bonds is 6. The second-order valence-electron chi connectivity index (χ2n) is 4.79. The highest BCUT2D eigenvalue weighted by Gasteiger charge is 2.15. The zero-order valence-corrected chi connectivity index (χ0v) is 11.8. The van der Waals surface area contributed by atoms with Gasteiger partial charge in [0.25, 0.3) is 0 Å². The quantitative estimate of drug-likeness (QED) is 0.811. The van der Waals surface area contributed by atoms with E-state index in [2.05, 4.69) is 5.48 Å². The molecular formula is C15H21NO4. The number of amides is 1. The first-order valence-electron chi connectivity index (χ1n) is 6.97. The number of hydrogen-bond acceptors (Lipinski definition) is 4. The van der Waals surface area contributed by atoms with Crippen LogP contribution in [0.5, 0.6) is 5.75 Å². The van der Waals surface area contributed by atoms with Gasteiger partial charge in [-0.2, -0.15) is 0 Å². The van der Waals surface area contributed by atoms with Gasteiger partial charge in [-0.05, 0) is 37.0 Å². The Bertz CT molecular complexity index is 430. The third-order valence-corrected chi connectivity index (χ3v) is 3.22. The highest BCUT2D eigenvalue weighted by atomic mass is 16.8. The highest BCUT2D eigenvalue weighted by Crippen LogP contribution is 2.14. The summed E-state index contributed by atoms with van der Waals surface area (Å²) < 4.78 is 10.5. The molecule has 1 unspecified atom stereocenters. The topological polar surface area (TPSA) is 56.8 Å². The molecule has 1 aliphatic rings. The molecule has 1 aliphatic heterocycles. The number of aryl methyl sites for hydroxylation is 1. The van der Waals surface area contributed by atoms with Gasteiger partial charge in [-0.25, -0.2) is 10.3 Å². The molecule has 1 aromatic carbocycles. The summed E-state index contributed by atoms with van der Waals surface area (Å²) in [6.45, 7) is 0.699. The lowest BCUT2D eigenvalue weighted by Crippen LogP contribution is -2.33. The number of hydrogen-bond donors (Lipinski definition) is 1. The number of ether oxygens (including phenoxy) is 2. The van der Waals surface area contributed by atoms with Crippen molar-refractivity contribution in [1.82, 2.24) is 5.48 Å². The van der Waals surface area contributed by atoms with Crippen LogP contribution < -0.4 is 10.2 Å². The zero-order valence-electron chi connectivity index (χ0n) is 11.8. The lowest BCUT2D eigenvalue weighted by atomic mass is 10.1. The number of benzene rings is 1. The molecule has 0 aliphatic carbocycles. The smallest absolute Gasteiger partial charge is 0.243 e. The van der Waals surface area contributed by atoms with E-state index in [1.54, 1.807) is 7.11 Å². The Hall–Kier alpha value is -1.59. The van der Waals surface area contributed by atoms with E-state index in [0.717, 1.165) is 30.6 Å². The molecule has 2 rings (SSSR count). The normalized spacial score (nSPS) is 18.6. The second kappa shape index (κ2) is 7.87. The van der Waals surface area contributed by atoms with Gasteiger partial charge in [0.1, 0.15) is 5.75 Å². The average molecular weight is 279 g/mol. The summed E-state index contributed by atoms with van der Waals surface area (Å²) in [6.07, 6.45) is 3.69. The number of carbonyl (C=O) groups excluding carboxylic acids is 1. The summed E-state index contributed by atoms with van der Waals surface area (Å²) in [5.41, 5.74) is 3.52. The Kier molecular flexibility index (Phi) is 5.83. The van der Waals surface area contributed by atoms with Gasteiger partial charge in [-0.1, -0.05) is 12.1 Å². The maximum atomic E-state index is 11.7. The first-order valence-corrected chi connectivity index (χ1v) is 6.97. The summed E-state index contributed by atoms with van der Waals surface area (Å²) in [5.74, 6) is 0.664. The predicted molar refractivity (Wildman–Crippen MR) is 74.1 cm³/mol. The van der Waals surface area contributed by atoms with E-state index in [1.807, 2.05) is 24.3 Å². The Morgan fingerprint density at radius 2 is 2.35 bits per heavy atom. The first kappa shape index (κ1) is 14.8. The fraction of sp³-hybridized carbons (Fsp3) is 0.533. The van der Waals surface area contributed by atoms with Crippen molar-refractivity contribution in [2.45, 2.75) is 38.4 Å². The Morgan fingerprint density at radius 1 is 1.45 bits per heavy atom. The van der Waals surface area contributed by atoms with Gasteiger partial charge in [0.15, 0.2) is 6.29 Å². The van der Waals surface area contributed by atoms with Crippen molar-refractivity contribution in [2.24, 2.45) is 0 Å². The molecular weight excluding hydrogens is 258 g/mol. The van der Waals surface area contributed by atoms with Crippen molar-refractivity contribution in [2.75, 3.05) is 13.7 Å². The summed E-state index contributed by atoms with van der Waals surface area (Å²) in [5, 5.41) is 0. The minimum atomic E-state index is -0.301. The zero-order chi connectivity index (χ0) is 14.2. The maximum absolute atomic E-state index is 11.7. The Morgan fingerprint density at radius 3 is 3.10 bits per heavy atom. The second-order valence-corrected chi connectivity index (χ2v) is 4.79. The monoisotopic (exact) mass is 279 g/mol. The lowest BCUT2D eigenvalue weighted by Gasteiger charge is -2.22. The van der Waals surface area contributed by atoms with Gasteiger partial charge in [0.2, 0.25) is 5.91 Å². The van der Waals surface area contributed by atoms with E-state index in [4.69, 9.17) is 14.3 Å². The minimum absolute atomic E-state index is 0.137. The Balaban J connectivity index is 1.68. The van der Waals surface area contributed by atoms with E-state index < -0.39 is 0 Å². The molecule has 1 fully saturated rings. The maximum Gasteiger partial charge on any atom is 0.243 e. The molecule has 5 heteroatoms. The van der Waals surface area contributed by atoms with Gasteiger partial charge >= 0.3 is 0 Å². The van der Waals surface area contributed by atoms with Crippen LogP contribution in [-0.2, 0) is 20.8 Å². The van der Waals surface area contributed by atoms with E-state index in [0.29, 0.717) is 19.4 Å². The fourth-order valence-electron chi connectivity index (χ4n) is 2.07. The van der Waals surface area contributed by atoms with Crippen molar-refractivity contribution < 1.29 is 19.1 Å². The van der Waals surface area contributed by atoms with Crippen LogP contribution in [0.2, 0.25) is 0 Å². The molecule has 1 heterocycles. The molecule has 110 valence electrons. The van der Waals surface area contributed by atoms with Crippen LogP contribution in [0.4, 0.5) is 0 Å². The van der Waals surface area contributed by atoms with Gasteiger partial charge in [0.05, 0.1) is 7.11 Å². The van der Waals surface area contributed by atoms with Crippen LogP contribution in [0, 0.1) is 0 Å². The van der Waals surface area contributed by atoms with Crippen LogP contribution in [0.1, 0.15) is 31.2 Å². The predicted octanol–water partition coefficient (Wildman–Crippen LogP) is 2.20. The van der Waals surface area contributed by atoms with Crippen molar-refractivity contribution in [1.29, 1.82) is 0 Å². The molecule has 0 aromatic heterocycles. The molecule has 0 radical (unpaired) electrons. The molecule has 1 N–H and O–H groups in total. The third-order valence-electron chi connectivity index (χ3n) is 3.22. The van der Waals surface area contributed by atoms with E-state index in [1.165, 1.54) is 0 Å². The first-order chi connectivity index (χ1) is 9.78. The van der Waals surface area contributed by atoms with Gasteiger partial charge < -0.3 is 9.47 Å². The average Bonchev–Trinajstić information content (AvgIpc) is 2.52. The number of hydroxylamine groups is 1. The van der Waals surface area contributed by atoms with E-state index in [9.17, 15) is 4.79 Å². The SMILES string of the molecule is COc1cccc(CCC(=O)NOC2CCCCO2)c1. The summed E-state index contributed by atoms with van der Waals surface area (Å²) in [7, 11) is 1.63. The van der Waals surface area contributed by atoms with Crippen LogP contribution in [0.3, 0.4) is 0 Å². The lowest BCUT2D eigenvalue weighted by molar-refractivity contribution is -0.200. The molecule has 1 atom stereocenters. The van der Waals surface area contributed by atoms with Crippen LogP contribution in [0.15, 0.2) is 24.3 Å². The standard InChI is InChI=1S/C15H21NO4/c1-18-13-6-4-5-12(11-13)8-9-14(17)16-20-15-7-2-3-10-19-15/h4-6,11,15H,2-3,7-10H2,1H3,(H,16,17). The number of methoxy groups -OCH3 is 1. The molecule has 1 aromatic rings. The van der Waals surface area contributed by atoms with Gasteiger partial charge in [0, 0.05) is 19.4 Å². The van der Waals surface area contributed by atoms with Gasteiger partial charge in [-0.15, -0.1) is 0 Å². The largest absolute Gasteiger partial charge is 0.497 e. The van der Waals surface area contributed by atoms with Crippen LogP contribution in [0.25, 0.3) is 0 Å².